The van der Waals surface area contributed by atoms with Gasteiger partial charge in [-0.05, 0) is 13.0 Å². The summed E-state index contributed by atoms with van der Waals surface area (Å²) in [6.45, 7) is 1.89. The van der Waals surface area contributed by atoms with E-state index in [0.29, 0.717) is 5.02 Å². The molecule has 0 aromatic carbocycles. The van der Waals surface area contributed by atoms with Crippen LogP contribution in [0.1, 0.15) is 28.5 Å². The van der Waals surface area contributed by atoms with Gasteiger partial charge in [0, 0.05) is 17.8 Å². The number of aromatic nitrogens is 2. The van der Waals surface area contributed by atoms with Crippen molar-refractivity contribution in [2.24, 2.45) is 0 Å². The van der Waals surface area contributed by atoms with Gasteiger partial charge in [-0.15, -0.1) is 11.3 Å². The Labute approximate surface area is 101 Å². The number of aromatic carboxylic acids is 1. The van der Waals surface area contributed by atoms with Crippen LogP contribution in [0.5, 0.6) is 0 Å². The van der Waals surface area contributed by atoms with E-state index in [1.807, 2.05) is 12.3 Å². The number of carboxylic acids is 1. The van der Waals surface area contributed by atoms with Crippen molar-refractivity contribution in [3.63, 3.8) is 0 Å². The number of carboxylic acid groups (broad SMARTS) is 1. The summed E-state index contributed by atoms with van der Waals surface area (Å²) in [5.74, 6) is -0.990. The molecule has 1 atom stereocenters. The summed E-state index contributed by atoms with van der Waals surface area (Å²) >= 11 is 7.30. The summed E-state index contributed by atoms with van der Waals surface area (Å²) in [4.78, 5) is 15.2. The Balaban J connectivity index is 2.43. The summed E-state index contributed by atoms with van der Waals surface area (Å²) < 4.78 is 1.61. The number of halogens is 1. The molecule has 16 heavy (non-hydrogen) atoms. The molecule has 1 unspecified atom stereocenters. The Morgan fingerprint density at radius 3 is 3.00 bits per heavy atom. The lowest BCUT2D eigenvalue weighted by atomic mass is 10.3. The average molecular weight is 257 g/mol. The summed E-state index contributed by atoms with van der Waals surface area (Å²) in [6, 6.07) is 1.31. The Kier molecular flexibility index (Phi) is 2.98. The van der Waals surface area contributed by atoms with Crippen LogP contribution >= 0.6 is 22.9 Å². The monoisotopic (exact) mass is 256 g/mol. The SMILES string of the molecule is CC(c1nccs1)n1cc(Cl)cc1C(=O)O. The highest BCUT2D eigenvalue weighted by molar-refractivity contribution is 7.09. The number of rotatable bonds is 3. The van der Waals surface area contributed by atoms with Gasteiger partial charge in [0.25, 0.3) is 0 Å². The van der Waals surface area contributed by atoms with Gasteiger partial charge in [-0.25, -0.2) is 9.78 Å². The molecule has 0 aliphatic rings. The fourth-order valence-electron chi connectivity index (χ4n) is 1.50. The van der Waals surface area contributed by atoms with E-state index in [4.69, 9.17) is 16.7 Å². The molecule has 0 aliphatic heterocycles. The van der Waals surface area contributed by atoms with E-state index in [0.717, 1.165) is 5.01 Å². The lowest BCUT2D eigenvalue weighted by Crippen LogP contribution is -2.12. The van der Waals surface area contributed by atoms with Gasteiger partial charge in [0.1, 0.15) is 10.7 Å². The standard InChI is InChI=1S/C10H9ClN2O2S/c1-6(9-12-2-3-16-9)13-5-7(11)4-8(13)10(14)15/h2-6H,1H3,(H,14,15). The van der Waals surface area contributed by atoms with Crippen molar-refractivity contribution < 1.29 is 9.90 Å². The van der Waals surface area contributed by atoms with Crippen LogP contribution in [0.15, 0.2) is 23.8 Å². The van der Waals surface area contributed by atoms with E-state index in [1.54, 1.807) is 17.0 Å². The van der Waals surface area contributed by atoms with Crippen molar-refractivity contribution in [1.82, 2.24) is 9.55 Å². The molecule has 2 aromatic rings. The zero-order chi connectivity index (χ0) is 11.7. The maximum absolute atomic E-state index is 11.0. The van der Waals surface area contributed by atoms with Gasteiger partial charge < -0.3 is 9.67 Å². The van der Waals surface area contributed by atoms with Gasteiger partial charge in [-0.3, -0.25) is 0 Å². The third kappa shape index (κ3) is 1.96. The molecule has 6 heteroatoms. The molecule has 0 spiro atoms. The lowest BCUT2D eigenvalue weighted by Gasteiger charge is -2.12. The maximum Gasteiger partial charge on any atom is 0.352 e. The molecule has 84 valence electrons. The van der Waals surface area contributed by atoms with Gasteiger partial charge in [-0.1, -0.05) is 11.6 Å². The van der Waals surface area contributed by atoms with E-state index in [1.165, 1.54) is 17.4 Å². The predicted octanol–water partition coefficient (Wildman–Crippen LogP) is 2.91. The fourth-order valence-corrected chi connectivity index (χ4v) is 2.40. The van der Waals surface area contributed by atoms with Crippen molar-refractivity contribution >= 4 is 28.9 Å². The Morgan fingerprint density at radius 1 is 1.69 bits per heavy atom. The maximum atomic E-state index is 11.0. The van der Waals surface area contributed by atoms with Gasteiger partial charge in [0.15, 0.2) is 0 Å². The zero-order valence-electron chi connectivity index (χ0n) is 8.42. The topological polar surface area (TPSA) is 55.1 Å². The second-order valence-corrected chi connectivity index (χ2v) is 4.66. The molecular formula is C10H9ClN2O2S. The minimum atomic E-state index is -0.990. The van der Waals surface area contributed by atoms with Crippen LogP contribution in [-0.2, 0) is 0 Å². The highest BCUT2D eigenvalue weighted by Crippen LogP contribution is 2.25. The number of hydrogen-bond donors (Lipinski definition) is 1. The van der Waals surface area contributed by atoms with Crippen molar-refractivity contribution in [3.05, 3.63) is 39.6 Å². The normalized spacial score (nSPS) is 12.6. The molecule has 2 rings (SSSR count). The highest BCUT2D eigenvalue weighted by Gasteiger charge is 2.18. The first-order valence-corrected chi connectivity index (χ1v) is 5.85. The largest absolute Gasteiger partial charge is 0.477 e. The van der Waals surface area contributed by atoms with Crippen LogP contribution in [0.4, 0.5) is 0 Å². The van der Waals surface area contributed by atoms with E-state index in [2.05, 4.69) is 4.98 Å². The third-order valence-electron chi connectivity index (χ3n) is 2.26. The molecule has 4 nitrogen and oxygen atoms in total. The molecule has 2 aromatic heterocycles. The number of carbonyl (C=O) groups is 1. The van der Waals surface area contributed by atoms with Gasteiger partial charge in [0.05, 0.1) is 11.1 Å². The van der Waals surface area contributed by atoms with Crippen LogP contribution in [0.2, 0.25) is 5.02 Å². The Morgan fingerprint density at radius 2 is 2.44 bits per heavy atom. The summed E-state index contributed by atoms with van der Waals surface area (Å²) in [7, 11) is 0. The van der Waals surface area contributed by atoms with E-state index < -0.39 is 5.97 Å². The molecular weight excluding hydrogens is 248 g/mol. The summed E-state index contributed by atoms with van der Waals surface area (Å²) in [5.41, 5.74) is 0.174. The van der Waals surface area contributed by atoms with Crippen molar-refractivity contribution in [3.8, 4) is 0 Å². The van der Waals surface area contributed by atoms with Crippen LogP contribution in [0.3, 0.4) is 0 Å². The van der Waals surface area contributed by atoms with Gasteiger partial charge in [-0.2, -0.15) is 0 Å². The number of hydrogen-bond acceptors (Lipinski definition) is 3. The van der Waals surface area contributed by atoms with Crippen LogP contribution < -0.4 is 0 Å². The second kappa shape index (κ2) is 4.27. The molecule has 1 N–H and O–H groups in total. The van der Waals surface area contributed by atoms with Crippen LogP contribution in [-0.4, -0.2) is 20.6 Å². The molecule has 0 amide bonds. The van der Waals surface area contributed by atoms with Crippen LogP contribution in [0.25, 0.3) is 0 Å². The molecule has 2 heterocycles. The molecule has 0 fully saturated rings. The van der Waals surface area contributed by atoms with E-state index in [9.17, 15) is 4.79 Å². The first-order chi connectivity index (χ1) is 7.59. The fraction of sp³-hybridized carbons (Fsp3) is 0.200. The molecule has 0 bridgehead atoms. The molecule has 0 saturated heterocycles. The molecule has 0 saturated carbocycles. The van der Waals surface area contributed by atoms with Gasteiger partial charge >= 0.3 is 5.97 Å². The lowest BCUT2D eigenvalue weighted by molar-refractivity contribution is 0.0684. The summed E-state index contributed by atoms with van der Waals surface area (Å²) in [5, 5.41) is 12.2. The van der Waals surface area contributed by atoms with Crippen molar-refractivity contribution in [1.29, 1.82) is 0 Å². The number of nitrogens with zero attached hydrogens (tertiary/aromatic N) is 2. The number of thiazole rings is 1. The second-order valence-electron chi connectivity index (χ2n) is 3.30. The Bertz CT molecular complexity index is 507. The minimum absolute atomic E-state index is 0.126. The Hall–Kier alpha value is -1.33. The van der Waals surface area contributed by atoms with Crippen LogP contribution in [0, 0.1) is 0 Å². The first-order valence-electron chi connectivity index (χ1n) is 4.59. The third-order valence-corrected chi connectivity index (χ3v) is 3.41. The predicted molar refractivity (Wildman–Crippen MR) is 62.3 cm³/mol. The molecule has 0 aliphatic carbocycles. The highest BCUT2D eigenvalue weighted by atomic mass is 35.5. The quantitative estimate of drug-likeness (QED) is 0.919. The molecule has 0 radical (unpaired) electrons. The first kappa shape index (κ1) is 11.2. The van der Waals surface area contributed by atoms with Crippen molar-refractivity contribution in [2.45, 2.75) is 13.0 Å². The zero-order valence-corrected chi connectivity index (χ0v) is 10.00. The van der Waals surface area contributed by atoms with E-state index in [-0.39, 0.29) is 11.7 Å². The van der Waals surface area contributed by atoms with E-state index >= 15 is 0 Å². The van der Waals surface area contributed by atoms with Crippen molar-refractivity contribution in [2.75, 3.05) is 0 Å². The minimum Gasteiger partial charge on any atom is -0.477 e. The average Bonchev–Trinajstić information content (AvgIpc) is 2.84. The van der Waals surface area contributed by atoms with Gasteiger partial charge in [0.2, 0.25) is 0 Å². The summed E-state index contributed by atoms with van der Waals surface area (Å²) in [6.07, 6.45) is 3.30. The smallest absolute Gasteiger partial charge is 0.352 e.